The highest BCUT2D eigenvalue weighted by molar-refractivity contribution is 5.60. The van der Waals surface area contributed by atoms with Crippen molar-refractivity contribution >= 4 is 0 Å². The van der Waals surface area contributed by atoms with Crippen LogP contribution in [0.15, 0.2) is 81.6 Å². The van der Waals surface area contributed by atoms with Gasteiger partial charge in [-0.2, -0.15) is 0 Å². The molecule has 0 bridgehead atoms. The molecule has 0 aliphatic carbocycles. The second kappa shape index (κ2) is 7.78. The molecular weight excluding hydrogens is 344 g/mol. The molecule has 4 rings (SSSR count). The molecule has 4 aromatic rings. The Hall–Kier alpha value is -3.88. The third-order valence-electron chi connectivity index (χ3n) is 4.30. The molecule has 0 spiro atoms. The van der Waals surface area contributed by atoms with Gasteiger partial charge < -0.3 is 8.83 Å². The molecule has 0 aliphatic rings. The van der Waals surface area contributed by atoms with E-state index in [9.17, 15) is 0 Å². The van der Waals surface area contributed by atoms with E-state index in [1.54, 1.807) is 0 Å². The summed E-state index contributed by atoms with van der Waals surface area (Å²) in [5, 5.41) is 0. The first-order chi connectivity index (χ1) is 13.7. The molecule has 2 aromatic carbocycles. The number of hydrogen-bond acceptors (Lipinski definition) is 2. The number of furan rings is 2. The summed E-state index contributed by atoms with van der Waals surface area (Å²) in [6.45, 7) is 3.88. The average Bonchev–Trinajstić information content (AvgIpc) is 3.35. The van der Waals surface area contributed by atoms with Crippen LogP contribution in [-0.2, 0) is 0 Å². The van der Waals surface area contributed by atoms with Crippen LogP contribution in [0.5, 0.6) is 0 Å². The van der Waals surface area contributed by atoms with Crippen molar-refractivity contribution in [1.29, 1.82) is 0 Å². The summed E-state index contributed by atoms with van der Waals surface area (Å²) in [6.07, 6.45) is 0. The Morgan fingerprint density at radius 2 is 0.893 bits per heavy atom. The van der Waals surface area contributed by atoms with Crippen LogP contribution in [0.1, 0.15) is 22.6 Å². The smallest absolute Gasteiger partial charge is 0.134 e. The number of hydrogen-bond donors (Lipinski definition) is 0. The third-order valence-corrected chi connectivity index (χ3v) is 4.30. The van der Waals surface area contributed by atoms with Gasteiger partial charge in [0.25, 0.3) is 0 Å². The lowest BCUT2D eigenvalue weighted by atomic mass is 10.1. The first-order valence-corrected chi connectivity index (χ1v) is 9.03. The minimum absolute atomic E-state index is 0.866. The van der Waals surface area contributed by atoms with Crippen molar-refractivity contribution in [3.63, 3.8) is 0 Å². The second-order valence-corrected chi connectivity index (χ2v) is 6.48. The molecular formula is C26H18O2. The minimum Gasteiger partial charge on any atom is -0.461 e. The fourth-order valence-corrected chi connectivity index (χ4v) is 2.82. The Bertz CT molecular complexity index is 1110. The zero-order chi connectivity index (χ0) is 19.3. The highest BCUT2D eigenvalue weighted by Gasteiger charge is 2.02. The van der Waals surface area contributed by atoms with E-state index < -0.39 is 0 Å². The van der Waals surface area contributed by atoms with Crippen molar-refractivity contribution in [3.8, 4) is 46.3 Å². The van der Waals surface area contributed by atoms with Crippen LogP contribution in [0.4, 0.5) is 0 Å². The Labute approximate surface area is 164 Å². The topological polar surface area (TPSA) is 26.3 Å². The van der Waals surface area contributed by atoms with E-state index >= 15 is 0 Å². The molecule has 2 heterocycles. The van der Waals surface area contributed by atoms with E-state index in [1.807, 2.05) is 86.6 Å². The molecule has 0 atom stereocenters. The number of benzene rings is 2. The van der Waals surface area contributed by atoms with Crippen molar-refractivity contribution in [2.24, 2.45) is 0 Å². The summed E-state index contributed by atoms with van der Waals surface area (Å²) in [4.78, 5) is 0. The Morgan fingerprint density at radius 1 is 0.500 bits per heavy atom. The summed E-state index contributed by atoms with van der Waals surface area (Å²) in [5.74, 6) is 15.5. The van der Waals surface area contributed by atoms with Crippen molar-refractivity contribution in [2.45, 2.75) is 13.8 Å². The zero-order valence-electron chi connectivity index (χ0n) is 15.7. The van der Waals surface area contributed by atoms with Gasteiger partial charge in [-0.3, -0.25) is 0 Å². The van der Waals surface area contributed by atoms with Gasteiger partial charge in [0.1, 0.15) is 23.0 Å². The van der Waals surface area contributed by atoms with E-state index in [-0.39, 0.29) is 0 Å². The van der Waals surface area contributed by atoms with E-state index in [2.05, 4.69) is 23.7 Å². The predicted molar refractivity (Wildman–Crippen MR) is 112 cm³/mol. The van der Waals surface area contributed by atoms with Gasteiger partial charge in [0.05, 0.1) is 0 Å². The van der Waals surface area contributed by atoms with E-state index in [4.69, 9.17) is 8.83 Å². The maximum Gasteiger partial charge on any atom is 0.134 e. The molecule has 0 saturated carbocycles. The fraction of sp³-hybridized carbons (Fsp3) is 0.0769. The summed E-state index contributed by atoms with van der Waals surface area (Å²) in [5.41, 5.74) is 3.92. The summed E-state index contributed by atoms with van der Waals surface area (Å²) >= 11 is 0. The van der Waals surface area contributed by atoms with E-state index in [0.717, 1.165) is 45.3 Å². The molecule has 134 valence electrons. The van der Waals surface area contributed by atoms with Gasteiger partial charge in [0, 0.05) is 22.3 Å². The quantitative estimate of drug-likeness (QED) is 0.395. The average molecular weight is 362 g/mol. The van der Waals surface area contributed by atoms with E-state index in [1.165, 1.54) is 0 Å². The van der Waals surface area contributed by atoms with Crippen LogP contribution in [0.2, 0.25) is 0 Å². The maximum atomic E-state index is 5.63. The maximum absolute atomic E-state index is 5.63. The summed E-state index contributed by atoms with van der Waals surface area (Å²) < 4.78 is 11.3. The number of rotatable bonds is 2. The molecule has 0 N–H and O–H groups in total. The summed E-state index contributed by atoms with van der Waals surface area (Å²) in [7, 11) is 0. The first kappa shape index (κ1) is 17.5. The highest BCUT2D eigenvalue weighted by Crippen LogP contribution is 2.23. The molecule has 2 heteroatoms. The Balaban J connectivity index is 1.43. The van der Waals surface area contributed by atoms with Gasteiger partial charge in [-0.15, -0.1) is 0 Å². The molecule has 0 unspecified atom stereocenters. The lowest BCUT2D eigenvalue weighted by Crippen LogP contribution is -1.77. The van der Waals surface area contributed by atoms with Gasteiger partial charge in [0.2, 0.25) is 0 Å². The van der Waals surface area contributed by atoms with Crippen molar-refractivity contribution in [3.05, 3.63) is 95.4 Å². The predicted octanol–water partition coefficient (Wildman–Crippen LogP) is 6.23. The minimum atomic E-state index is 0.866. The lowest BCUT2D eigenvalue weighted by molar-refractivity contribution is 0.548. The van der Waals surface area contributed by atoms with Crippen molar-refractivity contribution in [1.82, 2.24) is 0 Å². The van der Waals surface area contributed by atoms with Gasteiger partial charge in [-0.25, -0.2) is 0 Å². The number of aryl methyl sites for hydroxylation is 2. The van der Waals surface area contributed by atoms with Gasteiger partial charge in [0.15, 0.2) is 0 Å². The molecule has 0 amide bonds. The third kappa shape index (κ3) is 4.09. The van der Waals surface area contributed by atoms with Crippen LogP contribution in [-0.4, -0.2) is 0 Å². The Morgan fingerprint density at radius 3 is 1.21 bits per heavy atom. The van der Waals surface area contributed by atoms with Crippen LogP contribution in [0.25, 0.3) is 22.6 Å². The van der Waals surface area contributed by atoms with Gasteiger partial charge >= 0.3 is 0 Å². The molecule has 2 aromatic heterocycles. The standard InChI is InChI=1S/C26H18O2/c1-19-7-17-25(27-19)23-13-9-21(10-14-23)5-3-4-6-22-11-15-24(16-12-22)26-18-8-20(2)28-26/h7-18H,1-2H3. The highest BCUT2D eigenvalue weighted by atomic mass is 16.3. The Kier molecular flexibility index (Phi) is 4.87. The SMILES string of the molecule is Cc1ccc(-c2ccc(C#CC#Cc3ccc(-c4ccc(C)o4)cc3)cc2)o1. The van der Waals surface area contributed by atoms with Crippen molar-refractivity contribution in [2.75, 3.05) is 0 Å². The molecule has 0 radical (unpaired) electrons. The van der Waals surface area contributed by atoms with Crippen LogP contribution >= 0.6 is 0 Å². The lowest BCUT2D eigenvalue weighted by Gasteiger charge is -1.97. The van der Waals surface area contributed by atoms with Crippen molar-refractivity contribution < 1.29 is 8.83 Å². The molecule has 2 nitrogen and oxygen atoms in total. The van der Waals surface area contributed by atoms with E-state index in [0.29, 0.717) is 0 Å². The van der Waals surface area contributed by atoms with Gasteiger partial charge in [-0.1, -0.05) is 36.1 Å². The normalized spacial score (nSPS) is 9.93. The monoisotopic (exact) mass is 362 g/mol. The molecule has 0 saturated heterocycles. The molecule has 28 heavy (non-hydrogen) atoms. The van der Waals surface area contributed by atoms with Crippen LogP contribution in [0.3, 0.4) is 0 Å². The molecule has 0 aliphatic heterocycles. The molecule has 0 fully saturated rings. The first-order valence-electron chi connectivity index (χ1n) is 9.03. The van der Waals surface area contributed by atoms with Gasteiger partial charge in [-0.05, 0) is 74.2 Å². The summed E-state index contributed by atoms with van der Waals surface area (Å²) in [6, 6.07) is 23.8. The van der Waals surface area contributed by atoms with Crippen LogP contribution in [0, 0.1) is 37.5 Å². The largest absolute Gasteiger partial charge is 0.461 e. The second-order valence-electron chi connectivity index (χ2n) is 6.48. The fourth-order valence-electron chi connectivity index (χ4n) is 2.82. The zero-order valence-corrected chi connectivity index (χ0v) is 15.7. The van der Waals surface area contributed by atoms with Crippen LogP contribution < -0.4 is 0 Å².